The lowest BCUT2D eigenvalue weighted by Crippen LogP contribution is -2.06. The Hall–Kier alpha value is -3.62. The fourth-order valence-corrected chi connectivity index (χ4v) is 3.35. The van der Waals surface area contributed by atoms with Crippen molar-refractivity contribution < 1.29 is 4.52 Å². The molecule has 0 atom stereocenters. The molecule has 0 bridgehead atoms. The van der Waals surface area contributed by atoms with Gasteiger partial charge in [0.25, 0.3) is 0 Å². The van der Waals surface area contributed by atoms with E-state index in [1.807, 2.05) is 37.3 Å². The Morgan fingerprint density at radius 3 is 2.87 bits per heavy atom. The topological polar surface area (TPSA) is 105 Å². The molecule has 4 aromatic rings. The largest absolute Gasteiger partial charge is 0.359 e. The number of nitrogens with zero attached hydrogens (tertiary/aromatic N) is 4. The number of hydrogen-bond acceptors (Lipinski definition) is 7. The summed E-state index contributed by atoms with van der Waals surface area (Å²) in [6.45, 7) is 2.37. The SMILES string of the molecule is Bc1cccc(-c2cc(CNc3nc(C)cc(Nc4cc(C5CC5)[nH]n4)n3)on2)c1. The van der Waals surface area contributed by atoms with Crippen LogP contribution in [0.5, 0.6) is 0 Å². The summed E-state index contributed by atoms with van der Waals surface area (Å²) in [5, 5.41) is 18.0. The van der Waals surface area contributed by atoms with Crippen LogP contribution < -0.4 is 16.1 Å². The van der Waals surface area contributed by atoms with Crippen molar-refractivity contribution in [2.24, 2.45) is 0 Å². The van der Waals surface area contributed by atoms with Gasteiger partial charge in [-0.1, -0.05) is 34.9 Å². The molecule has 30 heavy (non-hydrogen) atoms. The van der Waals surface area contributed by atoms with Crippen LogP contribution in [-0.2, 0) is 6.54 Å². The van der Waals surface area contributed by atoms with E-state index in [1.54, 1.807) is 0 Å². The molecule has 0 saturated heterocycles. The van der Waals surface area contributed by atoms with Gasteiger partial charge in [-0.15, -0.1) is 0 Å². The molecule has 1 aliphatic carbocycles. The van der Waals surface area contributed by atoms with Crippen LogP contribution in [0.3, 0.4) is 0 Å². The van der Waals surface area contributed by atoms with Crippen LogP contribution in [0.15, 0.2) is 47.0 Å². The van der Waals surface area contributed by atoms with Crippen molar-refractivity contribution in [3.05, 3.63) is 59.6 Å². The number of anilines is 3. The van der Waals surface area contributed by atoms with E-state index < -0.39 is 0 Å². The maximum absolute atomic E-state index is 5.47. The monoisotopic (exact) mass is 399 g/mol. The lowest BCUT2D eigenvalue weighted by Gasteiger charge is -2.07. The lowest BCUT2D eigenvalue weighted by molar-refractivity contribution is 0.390. The van der Waals surface area contributed by atoms with Crippen LogP contribution in [-0.4, -0.2) is 33.2 Å². The van der Waals surface area contributed by atoms with Gasteiger partial charge in [0.05, 0.1) is 6.54 Å². The molecule has 5 rings (SSSR count). The van der Waals surface area contributed by atoms with E-state index in [2.05, 4.69) is 55.9 Å². The van der Waals surface area contributed by atoms with Gasteiger partial charge in [-0.2, -0.15) is 10.1 Å². The molecule has 1 aliphatic rings. The summed E-state index contributed by atoms with van der Waals surface area (Å²) in [4.78, 5) is 9.00. The first-order chi connectivity index (χ1) is 14.6. The summed E-state index contributed by atoms with van der Waals surface area (Å²) in [7, 11) is 2.06. The zero-order valence-corrected chi connectivity index (χ0v) is 16.9. The molecule has 3 heterocycles. The van der Waals surface area contributed by atoms with Crippen LogP contribution in [0, 0.1) is 6.92 Å². The molecule has 0 radical (unpaired) electrons. The van der Waals surface area contributed by atoms with Crippen LogP contribution in [0.4, 0.5) is 17.6 Å². The standard InChI is InChI=1S/C21H22BN7O/c1-12-7-19(25-20-10-17(27-28-20)13-5-6-13)26-21(24-12)23-11-16-9-18(29-30-16)14-3-2-4-15(22)8-14/h2-4,7-10,13H,5-6,11,22H2,1H3,(H3,23,24,25,26,27,28). The van der Waals surface area contributed by atoms with E-state index in [1.165, 1.54) is 24.0 Å². The highest BCUT2D eigenvalue weighted by atomic mass is 16.5. The molecule has 1 aromatic carbocycles. The van der Waals surface area contributed by atoms with Gasteiger partial charge in [0.1, 0.15) is 19.4 Å². The number of hydrogen-bond donors (Lipinski definition) is 3. The van der Waals surface area contributed by atoms with Crippen molar-refractivity contribution in [3.63, 3.8) is 0 Å². The highest BCUT2D eigenvalue weighted by Crippen LogP contribution is 2.39. The molecule has 150 valence electrons. The van der Waals surface area contributed by atoms with E-state index in [4.69, 9.17) is 4.52 Å². The summed E-state index contributed by atoms with van der Waals surface area (Å²) < 4.78 is 5.47. The molecule has 0 unspecified atom stereocenters. The molecule has 3 N–H and O–H groups in total. The average molecular weight is 399 g/mol. The maximum Gasteiger partial charge on any atom is 0.225 e. The van der Waals surface area contributed by atoms with Crippen molar-refractivity contribution >= 4 is 30.9 Å². The van der Waals surface area contributed by atoms with Crippen molar-refractivity contribution in [3.8, 4) is 11.3 Å². The number of rotatable bonds is 7. The Balaban J connectivity index is 1.26. The zero-order chi connectivity index (χ0) is 20.5. The van der Waals surface area contributed by atoms with Gasteiger partial charge in [0.2, 0.25) is 5.95 Å². The molecule has 3 aromatic heterocycles. The number of aryl methyl sites for hydroxylation is 1. The predicted octanol–water partition coefficient (Wildman–Crippen LogP) is 2.65. The molecule has 0 amide bonds. The summed E-state index contributed by atoms with van der Waals surface area (Å²) in [6, 6.07) is 14.0. The van der Waals surface area contributed by atoms with Gasteiger partial charge in [0.15, 0.2) is 11.6 Å². The Bertz CT molecular complexity index is 1180. The minimum atomic E-state index is 0.440. The second kappa shape index (κ2) is 7.66. The van der Waals surface area contributed by atoms with Crippen LogP contribution in [0.2, 0.25) is 0 Å². The van der Waals surface area contributed by atoms with Gasteiger partial charge >= 0.3 is 0 Å². The fraction of sp³-hybridized carbons (Fsp3) is 0.238. The smallest absolute Gasteiger partial charge is 0.225 e. The maximum atomic E-state index is 5.47. The quantitative estimate of drug-likeness (QED) is 0.411. The average Bonchev–Trinajstić information content (AvgIpc) is 3.28. The predicted molar refractivity (Wildman–Crippen MR) is 118 cm³/mol. The number of aromatic nitrogens is 5. The van der Waals surface area contributed by atoms with Gasteiger partial charge in [-0.05, 0) is 19.8 Å². The second-order valence-corrected chi connectivity index (χ2v) is 7.73. The Labute approximate surface area is 174 Å². The fourth-order valence-electron chi connectivity index (χ4n) is 3.35. The highest BCUT2D eigenvalue weighted by Gasteiger charge is 2.25. The Morgan fingerprint density at radius 1 is 1.13 bits per heavy atom. The lowest BCUT2D eigenvalue weighted by atomic mass is 9.94. The first kappa shape index (κ1) is 18.4. The molecular weight excluding hydrogens is 377 g/mol. The number of benzene rings is 1. The minimum Gasteiger partial charge on any atom is -0.359 e. The van der Waals surface area contributed by atoms with E-state index in [0.29, 0.717) is 30.0 Å². The van der Waals surface area contributed by atoms with Crippen LogP contribution in [0.25, 0.3) is 11.3 Å². The van der Waals surface area contributed by atoms with Crippen molar-refractivity contribution in [1.82, 2.24) is 25.3 Å². The minimum absolute atomic E-state index is 0.440. The van der Waals surface area contributed by atoms with E-state index >= 15 is 0 Å². The molecule has 1 fully saturated rings. The van der Waals surface area contributed by atoms with Gasteiger partial charge < -0.3 is 15.2 Å². The molecule has 1 saturated carbocycles. The number of aromatic amines is 1. The number of H-pyrrole nitrogens is 1. The van der Waals surface area contributed by atoms with Crippen molar-refractivity contribution in [2.45, 2.75) is 32.2 Å². The third-order valence-electron chi connectivity index (χ3n) is 5.02. The van der Waals surface area contributed by atoms with Crippen molar-refractivity contribution in [1.29, 1.82) is 0 Å². The summed E-state index contributed by atoms with van der Waals surface area (Å²) >= 11 is 0. The first-order valence-electron chi connectivity index (χ1n) is 10.1. The molecule has 0 spiro atoms. The Kier molecular flexibility index (Phi) is 4.70. The first-order valence-corrected chi connectivity index (χ1v) is 10.1. The van der Waals surface area contributed by atoms with E-state index in [-0.39, 0.29) is 0 Å². The van der Waals surface area contributed by atoms with Crippen LogP contribution in [0.1, 0.15) is 35.9 Å². The van der Waals surface area contributed by atoms with Gasteiger partial charge in [0, 0.05) is 41.1 Å². The van der Waals surface area contributed by atoms with E-state index in [0.717, 1.165) is 22.8 Å². The summed E-state index contributed by atoms with van der Waals surface area (Å²) in [6.07, 6.45) is 2.46. The molecular formula is C21H22BN7O. The van der Waals surface area contributed by atoms with Gasteiger partial charge in [-0.3, -0.25) is 5.10 Å². The second-order valence-electron chi connectivity index (χ2n) is 7.73. The molecule has 0 aliphatic heterocycles. The van der Waals surface area contributed by atoms with E-state index in [9.17, 15) is 0 Å². The van der Waals surface area contributed by atoms with Gasteiger partial charge in [-0.25, -0.2) is 4.98 Å². The highest BCUT2D eigenvalue weighted by molar-refractivity contribution is 6.32. The zero-order valence-electron chi connectivity index (χ0n) is 16.9. The molecule has 8 nitrogen and oxygen atoms in total. The van der Waals surface area contributed by atoms with Crippen molar-refractivity contribution in [2.75, 3.05) is 10.6 Å². The third kappa shape index (κ3) is 4.19. The van der Waals surface area contributed by atoms with Crippen LogP contribution >= 0.6 is 0 Å². The molecule has 9 heteroatoms. The normalized spacial score (nSPS) is 13.4. The summed E-state index contributed by atoms with van der Waals surface area (Å²) in [5.41, 5.74) is 5.06. The third-order valence-corrected chi connectivity index (χ3v) is 5.02. The number of nitrogens with one attached hydrogen (secondary N) is 3. The summed E-state index contributed by atoms with van der Waals surface area (Å²) in [5.74, 6) is 3.32. The Morgan fingerprint density at radius 2 is 2.03 bits per heavy atom.